The number of aromatic nitrogens is 2. The van der Waals surface area contributed by atoms with E-state index < -0.39 is 29.0 Å². The predicted molar refractivity (Wildman–Crippen MR) is 79.9 cm³/mol. The third kappa shape index (κ3) is 4.68. The Bertz CT molecular complexity index is 794. The van der Waals surface area contributed by atoms with Crippen LogP contribution in [0.2, 0.25) is 0 Å². The maximum atomic E-state index is 13.1. The van der Waals surface area contributed by atoms with Gasteiger partial charge in [-0.3, -0.25) is 19.6 Å². The topological polar surface area (TPSA) is 99.3 Å². The van der Waals surface area contributed by atoms with Crippen molar-refractivity contribution in [2.75, 3.05) is 5.32 Å². The van der Waals surface area contributed by atoms with Crippen LogP contribution in [0.15, 0.2) is 24.4 Å². The number of benzene rings is 1. The summed E-state index contributed by atoms with van der Waals surface area (Å²) in [6, 6.07) is 2.80. The highest BCUT2D eigenvalue weighted by molar-refractivity contribution is 5.92. The summed E-state index contributed by atoms with van der Waals surface area (Å²) in [7, 11) is 0. The zero-order valence-corrected chi connectivity index (χ0v) is 12.9. The minimum atomic E-state index is -3.18. The van der Waals surface area contributed by atoms with Gasteiger partial charge in [-0.05, 0) is 19.1 Å². The molecule has 25 heavy (non-hydrogen) atoms. The Morgan fingerprint density at radius 2 is 2.20 bits per heavy atom. The smallest absolute Gasteiger partial charge is 0.387 e. The number of amides is 1. The van der Waals surface area contributed by atoms with Crippen molar-refractivity contribution in [3.8, 4) is 5.75 Å². The second-order valence-corrected chi connectivity index (χ2v) is 4.91. The minimum Gasteiger partial charge on any atom is -0.432 e. The third-order valence-corrected chi connectivity index (χ3v) is 3.26. The molecule has 1 aromatic heterocycles. The van der Waals surface area contributed by atoms with Gasteiger partial charge in [0.2, 0.25) is 5.91 Å². The van der Waals surface area contributed by atoms with Crippen molar-refractivity contribution in [1.29, 1.82) is 0 Å². The van der Waals surface area contributed by atoms with Gasteiger partial charge in [0, 0.05) is 12.5 Å². The number of nitro groups is 1. The Morgan fingerprint density at radius 1 is 1.48 bits per heavy atom. The molecule has 2 aromatic rings. The Hall–Kier alpha value is -3.11. The summed E-state index contributed by atoms with van der Waals surface area (Å²) in [6.45, 7) is -1.65. The molecular formula is C14H13F3N4O4. The molecule has 0 spiro atoms. The second kappa shape index (κ2) is 7.64. The lowest BCUT2D eigenvalue weighted by molar-refractivity contribution is -0.385. The van der Waals surface area contributed by atoms with Crippen LogP contribution in [0.25, 0.3) is 0 Å². The van der Waals surface area contributed by atoms with Gasteiger partial charge in [0.15, 0.2) is 5.75 Å². The van der Waals surface area contributed by atoms with Gasteiger partial charge in [0.1, 0.15) is 17.7 Å². The van der Waals surface area contributed by atoms with Crippen LogP contribution >= 0.6 is 0 Å². The van der Waals surface area contributed by atoms with Gasteiger partial charge in [-0.15, -0.1) is 0 Å². The number of aryl methyl sites for hydroxylation is 1. The molecule has 2 rings (SSSR count). The van der Waals surface area contributed by atoms with Gasteiger partial charge in [0.25, 0.3) is 0 Å². The molecule has 0 radical (unpaired) electrons. The summed E-state index contributed by atoms with van der Waals surface area (Å²) in [6.07, 6.45) is 0.937. The van der Waals surface area contributed by atoms with Crippen molar-refractivity contribution in [3.63, 3.8) is 0 Å². The van der Waals surface area contributed by atoms with E-state index >= 15 is 0 Å². The SMILES string of the molecule is Cc1c([N+](=O)[O-])cnn1CCC(=O)Nc1ccc(F)cc1OC(F)F. The lowest BCUT2D eigenvalue weighted by Gasteiger charge is -2.12. The number of nitrogens with zero attached hydrogens (tertiary/aromatic N) is 3. The average molecular weight is 358 g/mol. The van der Waals surface area contributed by atoms with E-state index in [2.05, 4.69) is 15.2 Å². The Balaban J connectivity index is 2.02. The number of rotatable bonds is 7. The van der Waals surface area contributed by atoms with Gasteiger partial charge in [-0.1, -0.05) is 0 Å². The summed E-state index contributed by atoms with van der Waals surface area (Å²) in [5.41, 5.74) is -0.0114. The average Bonchev–Trinajstić information content (AvgIpc) is 2.88. The van der Waals surface area contributed by atoms with Gasteiger partial charge >= 0.3 is 12.3 Å². The quantitative estimate of drug-likeness (QED) is 0.606. The number of nitrogens with one attached hydrogen (secondary N) is 1. The van der Waals surface area contributed by atoms with E-state index in [0.717, 1.165) is 24.4 Å². The molecule has 0 aliphatic heterocycles. The van der Waals surface area contributed by atoms with Crippen LogP contribution < -0.4 is 10.1 Å². The third-order valence-electron chi connectivity index (χ3n) is 3.26. The summed E-state index contributed by atoms with van der Waals surface area (Å²) < 4.78 is 43.2. The monoisotopic (exact) mass is 358 g/mol. The number of ether oxygens (including phenoxy) is 1. The Labute approximate surface area is 139 Å². The molecule has 11 heteroatoms. The van der Waals surface area contributed by atoms with Gasteiger partial charge in [0.05, 0.1) is 17.2 Å². The molecule has 0 aliphatic carbocycles. The molecule has 0 bridgehead atoms. The molecule has 0 saturated heterocycles. The normalized spacial score (nSPS) is 10.8. The van der Waals surface area contributed by atoms with E-state index in [9.17, 15) is 28.1 Å². The van der Waals surface area contributed by atoms with E-state index in [-0.39, 0.29) is 30.0 Å². The fourth-order valence-corrected chi connectivity index (χ4v) is 2.05. The standard InChI is InChI=1S/C14H13F3N4O4/c1-8-11(21(23)24)7-18-20(8)5-4-13(22)19-10-3-2-9(15)6-12(10)25-14(16)17/h2-3,6-7,14H,4-5H2,1H3,(H,19,22). The maximum absolute atomic E-state index is 13.1. The van der Waals surface area contributed by atoms with E-state index in [1.54, 1.807) is 0 Å². The first-order valence-electron chi connectivity index (χ1n) is 6.99. The molecule has 0 unspecified atom stereocenters. The fraction of sp³-hybridized carbons (Fsp3) is 0.286. The van der Waals surface area contributed by atoms with Crippen molar-refractivity contribution < 1.29 is 27.6 Å². The van der Waals surface area contributed by atoms with Crippen LogP contribution in [0.3, 0.4) is 0 Å². The van der Waals surface area contributed by atoms with Crippen LogP contribution in [0.4, 0.5) is 24.5 Å². The van der Waals surface area contributed by atoms with E-state index in [1.807, 2.05) is 0 Å². The van der Waals surface area contributed by atoms with Crippen LogP contribution in [0, 0.1) is 22.9 Å². The first-order chi connectivity index (χ1) is 11.8. The summed E-state index contributed by atoms with van der Waals surface area (Å²) in [5.74, 6) is -1.88. The van der Waals surface area contributed by atoms with Crippen LogP contribution in [0.5, 0.6) is 5.75 Å². The second-order valence-electron chi connectivity index (χ2n) is 4.91. The number of halogens is 3. The molecule has 0 saturated carbocycles. The van der Waals surface area contributed by atoms with Crippen molar-refractivity contribution in [2.45, 2.75) is 26.5 Å². The molecular weight excluding hydrogens is 345 g/mol. The molecule has 8 nitrogen and oxygen atoms in total. The van der Waals surface area contributed by atoms with Gasteiger partial charge in [-0.25, -0.2) is 4.39 Å². The molecule has 134 valence electrons. The number of alkyl halides is 2. The van der Waals surface area contributed by atoms with E-state index in [0.29, 0.717) is 0 Å². The number of hydrogen-bond acceptors (Lipinski definition) is 5. The maximum Gasteiger partial charge on any atom is 0.387 e. The van der Waals surface area contributed by atoms with Crippen molar-refractivity contribution in [3.05, 3.63) is 46.0 Å². The minimum absolute atomic E-state index is 0.0394. The predicted octanol–water partition coefficient (Wildman–Crippen LogP) is 2.87. The number of carbonyl (C=O) groups is 1. The number of anilines is 1. The Kier molecular flexibility index (Phi) is 5.57. The van der Waals surface area contributed by atoms with Crippen LogP contribution in [-0.4, -0.2) is 27.2 Å². The first-order valence-corrected chi connectivity index (χ1v) is 6.99. The van der Waals surface area contributed by atoms with E-state index in [1.165, 1.54) is 11.6 Å². The Morgan fingerprint density at radius 3 is 2.80 bits per heavy atom. The van der Waals surface area contributed by atoms with Crippen molar-refractivity contribution in [1.82, 2.24) is 9.78 Å². The van der Waals surface area contributed by atoms with Gasteiger partial charge < -0.3 is 10.1 Å². The lowest BCUT2D eigenvalue weighted by atomic mass is 10.2. The fourth-order valence-electron chi connectivity index (χ4n) is 2.05. The van der Waals surface area contributed by atoms with Crippen molar-refractivity contribution >= 4 is 17.3 Å². The molecule has 1 amide bonds. The number of carbonyl (C=O) groups excluding carboxylic acids is 1. The zero-order valence-electron chi connectivity index (χ0n) is 12.9. The summed E-state index contributed by atoms with van der Waals surface area (Å²) >= 11 is 0. The van der Waals surface area contributed by atoms with Crippen molar-refractivity contribution in [2.24, 2.45) is 0 Å². The summed E-state index contributed by atoms with van der Waals surface area (Å²) in [5, 5.41) is 16.9. The molecule has 1 heterocycles. The highest BCUT2D eigenvalue weighted by Gasteiger charge is 2.17. The molecule has 1 N–H and O–H groups in total. The van der Waals surface area contributed by atoms with E-state index in [4.69, 9.17) is 0 Å². The zero-order chi connectivity index (χ0) is 18.6. The van der Waals surface area contributed by atoms with Crippen LogP contribution in [0.1, 0.15) is 12.1 Å². The van der Waals surface area contributed by atoms with Crippen LogP contribution in [-0.2, 0) is 11.3 Å². The first kappa shape index (κ1) is 18.2. The molecule has 0 aliphatic rings. The van der Waals surface area contributed by atoms with Gasteiger partial charge in [-0.2, -0.15) is 13.9 Å². The molecule has 0 atom stereocenters. The number of hydrogen-bond donors (Lipinski definition) is 1. The molecule has 1 aromatic carbocycles. The summed E-state index contributed by atoms with van der Waals surface area (Å²) in [4.78, 5) is 22.1. The highest BCUT2D eigenvalue weighted by Crippen LogP contribution is 2.27. The lowest BCUT2D eigenvalue weighted by Crippen LogP contribution is -2.17. The molecule has 0 fully saturated rings. The largest absolute Gasteiger partial charge is 0.432 e. The highest BCUT2D eigenvalue weighted by atomic mass is 19.3.